The third-order valence-electron chi connectivity index (χ3n) is 1.95. The minimum Gasteiger partial charge on any atom is -0.453 e. The van der Waals surface area contributed by atoms with Crippen molar-refractivity contribution in [3.8, 4) is 6.07 Å². The smallest absolute Gasteiger partial charge is 0.413 e. The average Bonchev–Trinajstić information content (AvgIpc) is 2.53. The molecule has 1 heterocycles. The lowest BCUT2D eigenvalue weighted by Crippen LogP contribution is -2.11. The number of amides is 1. The molecule has 0 atom stereocenters. The van der Waals surface area contributed by atoms with E-state index in [2.05, 4.69) is 10.1 Å². The molecule has 1 N–H and O–H groups in total. The number of hydrogen-bond acceptors (Lipinski definition) is 5. The number of nitrogens with zero attached hydrogens (tertiary/aromatic N) is 1. The SMILES string of the molecule is COC(=O)Nc1oc(C)c(C(C)=O)c1C#N. The zero-order chi connectivity index (χ0) is 12.3. The predicted molar refractivity (Wildman–Crippen MR) is 54.2 cm³/mol. The minimum absolute atomic E-state index is 0.00963. The van der Waals surface area contributed by atoms with Crippen LogP contribution in [0.1, 0.15) is 28.6 Å². The summed E-state index contributed by atoms with van der Waals surface area (Å²) in [7, 11) is 1.18. The van der Waals surface area contributed by atoms with Crippen LogP contribution in [-0.2, 0) is 4.74 Å². The van der Waals surface area contributed by atoms with Crippen LogP contribution < -0.4 is 5.32 Å². The third kappa shape index (κ3) is 2.03. The number of methoxy groups -OCH3 is 1. The topological polar surface area (TPSA) is 92.3 Å². The standard InChI is InChI=1S/C10H10N2O4/c1-5(13)8-6(2)16-9(7(8)4-11)12-10(14)15-3/h1-3H3,(H,12,14). The molecule has 0 fully saturated rings. The molecule has 0 aliphatic rings. The Hall–Kier alpha value is -2.29. The summed E-state index contributed by atoms with van der Waals surface area (Å²) in [4.78, 5) is 22.2. The van der Waals surface area contributed by atoms with Crippen LogP contribution in [0.5, 0.6) is 0 Å². The Labute approximate surface area is 91.8 Å². The number of ether oxygens (including phenoxy) is 1. The maximum atomic E-state index is 11.3. The van der Waals surface area contributed by atoms with Crippen LogP contribution in [0.25, 0.3) is 0 Å². The van der Waals surface area contributed by atoms with E-state index in [0.717, 1.165) is 0 Å². The number of Topliss-reactive ketones (excluding diaryl/α,β-unsaturated/α-hetero) is 1. The first kappa shape index (κ1) is 11.8. The fourth-order valence-electron chi connectivity index (χ4n) is 1.31. The van der Waals surface area contributed by atoms with E-state index in [0.29, 0.717) is 0 Å². The fourth-order valence-corrected chi connectivity index (χ4v) is 1.31. The highest BCUT2D eigenvalue weighted by atomic mass is 16.5. The van der Waals surface area contributed by atoms with E-state index in [1.165, 1.54) is 14.0 Å². The van der Waals surface area contributed by atoms with E-state index in [-0.39, 0.29) is 28.6 Å². The summed E-state index contributed by atoms with van der Waals surface area (Å²) >= 11 is 0. The zero-order valence-corrected chi connectivity index (χ0v) is 9.08. The van der Waals surface area contributed by atoms with Gasteiger partial charge in [0.25, 0.3) is 0 Å². The molecule has 0 aromatic carbocycles. The van der Waals surface area contributed by atoms with E-state index in [1.54, 1.807) is 6.92 Å². The molecule has 6 heteroatoms. The van der Waals surface area contributed by atoms with Crippen molar-refractivity contribution in [1.82, 2.24) is 0 Å². The second-order valence-corrected chi connectivity index (χ2v) is 3.02. The summed E-state index contributed by atoms with van der Waals surface area (Å²) in [6, 6.07) is 1.81. The second-order valence-electron chi connectivity index (χ2n) is 3.02. The highest BCUT2D eigenvalue weighted by Crippen LogP contribution is 2.26. The lowest BCUT2D eigenvalue weighted by atomic mass is 10.1. The number of carbonyl (C=O) groups excluding carboxylic acids is 2. The highest BCUT2D eigenvalue weighted by molar-refractivity contribution is 6.00. The van der Waals surface area contributed by atoms with Crippen LogP contribution in [0.3, 0.4) is 0 Å². The Morgan fingerprint density at radius 3 is 2.56 bits per heavy atom. The van der Waals surface area contributed by atoms with Gasteiger partial charge in [0.15, 0.2) is 5.78 Å². The Balaban J connectivity index is 3.22. The van der Waals surface area contributed by atoms with Crippen LogP contribution in [0.15, 0.2) is 4.42 Å². The molecular formula is C10H10N2O4. The molecule has 0 saturated carbocycles. The number of furan rings is 1. The zero-order valence-electron chi connectivity index (χ0n) is 9.08. The van der Waals surface area contributed by atoms with Gasteiger partial charge in [-0.05, 0) is 13.8 Å². The van der Waals surface area contributed by atoms with E-state index < -0.39 is 6.09 Å². The van der Waals surface area contributed by atoms with E-state index in [9.17, 15) is 9.59 Å². The van der Waals surface area contributed by atoms with Gasteiger partial charge in [0.2, 0.25) is 5.88 Å². The van der Waals surface area contributed by atoms with Gasteiger partial charge in [-0.25, -0.2) is 4.79 Å². The van der Waals surface area contributed by atoms with Crippen LogP contribution in [0.2, 0.25) is 0 Å². The number of ketones is 1. The third-order valence-corrected chi connectivity index (χ3v) is 1.95. The van der Waals surface area contributed by atoms with E-state index >= 15 is 0 Å². The summed E-state index contributed by atoms with van der Waals surface area (Å²) in [6.45, 7) is 2.86. The lowest BCUT2D eigenvalue weighted by Gasteiger charge is -1.99. The first-order valence-electron chi connectivity index (χ1n) is 4.40. The van der Waals surface area contributed by atoms with Gasteiger partial charge in [0, 0.05) is 0 Å². The van der Waals surface area contributed by atoms with Crippen molar-refractivity contribution in [2.75, 3.05) is 12.4 Å². The van der Waals surface area contributed by atoms with Crippen LogP contribution in [0.4, 0.5) is 10.7 Å². The molecule has 0 bridgehead atoms. The number of carbonyl (C=O) groups is 2. The molecule has 0 aliphatic carbocycles. The second kappa shape index (κ2) is 4.49. The van der Waals surface area contributed by atoms with Crippen molar-refractivity contribution >= 4 is 17.8 Å². The molecule has 0 spiro atoms. The van der Waals surface area contributed by atoms with Crippen molar-refractivity contribution in [1.29, 1.82) is 5.26 Å². The molecule has 6 nitrogen and oxygen atoms in total. The maximum absolute atomic E-state index is 11.3. The maximum Gasteiger partial charge on any atom is 0.413 e. The highest BCUT2D eigenvalue weighted by Gasteiger charge is 2.22. The molecule has 1 aromatic rings. The Morgan fingerprint density at radius 1 is 1.50 bits per heavy atom. The van der Waals surface area contributed by atoms with E-state index in [1.807, 2.05) is 6.07 Å². The Morgan fingerprint density at radius 2 is 2.12 bits per heavy atom. The molecule has 84 valence electrons. The van der Waals surface area contributed by atoms with Crippen molar-refractivity contribution < 1.29 is 18.7 Å². The quantitative estimate of drug-likeness (QED) is 0.770. The minimum atomic E-state index is -0.764. The molecular weight excluding hydrogens is 212 g/mol. The molecule has 0 saturated heterocycles. The van der Waals surface area contributed by atoms with Crippen molar-refractivity contribution in [2.45, 2.75) is 13.8 Å². The van der Waals surface area contributed by atoms with Gasteiger partial charge in [-0.3, -0.25) is 10.1 Å². The molecule has 1 amide bonds. The molecule has 16 heavy (non-hydrogen) atoms. The van der Waals surface area contributed by atoms with Crippen molar-refractivity contribution in [2.24, 2.45) is 0 Å². The van der Waals surface area contributed by atoms with Gasteiger partial charge in [0.1, 0.15) is 17.4 Å². The first-order valence-corrected chi connectivity index (χ1v) is 4.40. The van der Waals surface area contributed by atoms with Crippen LogP contribution in [0, 0.1) is 18.3 Å². The lowest BCUT2D eigenvalue weighted by molar-refractivity contribution is 0.101. The Kier molecular flexibility index (Phi) is 3.30. The van der Waals surface area contributed by atoms with Crippen LogP contribution in [-0.4, -0.2) is 19.0 Å². The summed E-state index contributed by atoms with van der Waals surface area (Å²) < 4.78 is 9.47. The summed E-state index contributed by atoms with van der Waals surface area (Å²) in [6.07, 6.45) is -0.764. The monoisotopic (exact) mass is 222 g/mol. The molecule has 0 aliphatic heterocycles. The summed E-state index contributed by atoms with van der Waals surface area (Å²) in [5.74, 6) is -0.0804. The van der Waals surface area contributed by atoms with Crippen molar-refractivity contribution in [3.05, 3.63) is 16.9 Å². The number of hydrogen-bond donors (Lipinski definition) is 1. The van der Waals surface area contributed by atoms with Crippen LogP contribution >= 0.6 is 0 Å². The van der Waals surface area contributed by atoms with Crippen molar-refractivity contribution in [3.63, 3.8) is 0 Å². The molecule has 1 rings (SSSR count). The van der Waals surface area contributed by atoms with Gasteiger partial charge in [-0.2, -0.15) is 5.26 Å². The normalized spacial score (nSPS) is 9.38. The number of nitriles is 1. The molecule has 1 aromatic heterocycles. The van der Waals surface area contributed by atoms with Gasteiger partial charge in [-0.15, -0.1) is 0 Å². The number of nitrogens with one attached hydrogen (secondary N) is 1. The fraction of sp³-hybridized carbons (Fsp3) is 0.300. The summed E-state index contributed by atoms with van der Waals surface area (Å²) in [5.41, 5.74) is 0.185. The van der Waals surface area contributed by atoms with Gasteiger partial charge in [0.05, 0.1) is 12.7 Å². The first-order chi connectivity index (χ1) is 7.51. The number of aryl methyl sites for hydroxylation is 1. The van der Waals surface area contributed by atoms with Gasteiger partial charge in [-0.1, -0.05) is 0 Å². The molecule has 0 radical (unpaired) electrons. The largest absolute Gasteiger partial charge is 0.453 e. The summed E-state index contributed by atoms with van der Waals surface area (Å²) in [5, 5.41) is 11.1. The predicted octanol–water partition coefficient (Wildman–Crippen LogP) is 1.84. The molecule has 0 unspecified atom stereocenters. The Bertz CT molecular complexity index is 482. The van der Waals surface area contributed by atoms with Gasteiger partial charge < -0.3 is 9.15 Å². The number of anilines is 1. The average molecular weight is 222 g/mol. The van der Waals surface area contributed by atoms with E-state index in [4.69, 9.17) is 9.68 Å². The van der Waals surface area contributed by atoms with Gasteiger partial charge >= 0.3 is 6.09 Å². The number of rotatable bonds is 2.